The Hall–Kier alpha value is -2.50. The monoisotopic (exact) mass is 294 g/mol. The zero-order valence-electron chi connectivity index (χ0n) is 11.4. The van der Waals surface area contributed by atoms with Crippen LogP contribution < -0.4 is 10.6 Å². The lowest BCUT2D eigenvalue weighted by Crippen LogP contribution is -2.13. The molecular weight excluding hydrogens is 281 g/mol. The van der Waals surface area contributed by atoms with Crippen LogP contribution in [0.1, 0.15) is 15.9 Å². The minimum absolute atomic E-state index is 0.161. The van der Waals surface area contributed by atoms with E-state index in [1.165, 1.54) is 25.2 Å². The van der Waals surface area contributed by atoms with E-state index in [9.17, 15) is 18.0 Å². The quantitative estimate of drug-likeness (QED) is 0.906. The zero-order valence-corrected chi connectivity index (χ0v) is 11.4. The number of anilines is 2. The van der Waals surface area contributed by atoms with Gasteiger partial charge in [0.05, 0.1) is 0 Å². The Balaban J connectivity index is 2.26. The predicted octanol–water partition coefficient (Wildman–Crippen LogP) is 3.71. The van der Waals surface area contributed by atoms with Crippen LogP contribution in [0.25, 0.3) is 0 Å². The van der Waals surface area contributed by atoms with Crippen molar-refractivity contribution in [2.45, 2.75) is 6.92 Å². The molecule has 0 spiro atoms. The fourth-order valence-electron chi connectivity index (χ4n) is 1.87. The van der Waals surface area contributed by atoms with E-state index in [0.717, 1.165) is 12.1 Å². The Kier molecular flexibility index (Phi) is 4.16. The van der Waals surface area contributed by atoms with Crippen LogP contribution in [0.2, 0.25) is 0 Å². The molecule has 2 N–H and O–H groups in total. The summed E-state index contributed by atoms with van der Waals surface area (Å²) in [4.78, 5) is 12.0. The first-order valence-electron chi connectivity index (χ1n) is 6.16. The van der Waals surface area contributed by atoms with E-state index in [1.54, 1.807) is 6.92 Å². The van der Waals surface area contributed by atoms with Crippen molar-refractivity contribution in [2.24, 2.45) is 0 Å². The molecule has 0 saturated heterocycles. The van der Waals surface area contributed by atoms with E-state index in [1.807, 2.05) is 0 Å². The molecule has 21 heavy (non-hydrogen) atoms. The number of benzene rings is 2. The van der Waals surface area contributed by atoms with Crippen LogP contribution in [0.3, 0.4) is 0 Å². The van der Waals surface area contributed by atoms with Crippen LogP contribution in [0.15, 0.2) is 30.3 Å². The van der Waals surface area contributed by atoms with Gasteiger partial charge in [0.25, 0.3) is 5.91 Å². The Bertz CT molecular complexity index is 678. The summed E-state index contributed by atoms with van der Waals surface area (Å²) in [6, 6.07) is 5.87. The smallest absolute Gasteiger partial charge is 0.255 e. The Morgan fingerprint density at radius 1 is 1.00 bits per heavy atom. The SMILES string of the molecule is CNc1c(F)cc(C(=O)Nc2ccc(F)c(C)c2)cc1F. The summed E-state index contributed by atoms with van der Waals surface area (Å²) >= 11 is 0. The molecule has 0 radical (unpaired) electrons. The summed E-state index contributed by atoms with van der Waals surface area (Å²) < 4.78 is 40.3. The topological polar surface area (TPSA) is 41.1 Å². The Labute approximate surface area is 119 Å². The molecule has 0 saturated carbocycles. The lowest BCUT2D eigenvalue weighted by molar-refractivity contribution is 0.102. The number of hydrogen-bond donors (Lipinski definition) is 2. The molecule has 3 nitrogen and oxygen atoms in total. The van der Waals surface area contributed by atoms with Gasteiger partial charge in [0.2, 0.25) is 0 Å². The highest BCUT2D eigenvalue weighted by Gasteiger charge is 2.14. The van der Waals surface area contributed by atoms with Crippen molar-refractivity contribution in [1.29, 1.82) is 0 Å². The van der Waals surface area contributed by atoms with Gasteiger partial charge in [0.1, 0.15) is 23.1 Å². The van der Waals surface area contributed by atoms with Gasteiger partial charge in [-0.15, -0.1) is 0 Å². The number of rotatable bonds is 3. The molecule has 0 unspecified atom stereocenters. The number of carbonyl (C=O) groups excluding carboxylic acids is 1. The molecule has 0 aliphatic heterocycles. The zero-order chi connectivity index (χ0) is 15.6. The fraction of sp³-hybridized carbons (Fsp3) is 0.133. The molecule has 0 atom stereocenters. The number of halogens is 3. The average Bonchev–Trinajstić information content (AvgIpc) is 2.42. The fourth-order valence-corrected chi connectivity index (χ4v) is 1.87. The molecule has 110 valence electrons. The molecule has 0 aromatic heterocycles. The normalized spacial score (nSPS) is 10.3. The predicted molar refractivity (Wildman–Crippen MR) is 75.0 cm³/mol. The summed E-state index contributed by atoms with van der Waals surface area (Å²) in [6.45, 7) is 1.55. The van der Waals surface area contributed by atoms with Crippen molar-refractivity contribution < 1.29 is 18.0 Å². The molecule has 0 heterocycles. The van der Waals surface area contributed by atoms with Crippen LogP contribution in [0, 0.1) is 24.4 Å². The van der Waals surface area contributed by atoms with Gasteiger partial charge >= 0.3 is 0 Å². The minimum Gasteiger partial charge on any atom is -0.383 e. The van der Waals surface area contributed by atoms with Crippen molar-refractivity contribution in [3.63, 3.8) is 0 Å². The maximum Gasteiger partial charge on any atom is 0.255 e. The van der Waals surface area contributed by atoms with Crippen LogP contribution in [0.4, 0.5) is 24.5 Å². The third kappa shape index (κ3) is 3.16. The third-order valence-electron chi connectivity index (χ3n) is 2.97. The van der Waals surface area contributed by atoms with Crippen LogP contribution in [-0.2, 0) is 0 Å². The van der Waals surface area contributed by atoms with E-state index in [2.05, 4.69) is 10.6 Å². The van der Waals surface area contributed by atoms with Crippen molar-refractivity contribution >= 4 is 17.3 Å². The van der Waals surface area contributed by atoms with Gasteiger partial charge in [-0.2, -0.15) is 0 Å². The van der Waals surface area contributed by atoms with Gasteiger partial charge in [0, 0.05) is 18.3 Å². The van der Waals surface area contributed by atoms with Gasteiger partial charge in [-0.1, -0.05) is 0 Å². The number of aryl methyl sites for hydroxylation is 1. The highest BCUT2D eigenvalue weighted by molar-refractivity contribution is 6.04. The van der Waals surface area contributed by atoms with Crippen molar-refractivity contribution in [3.8, 4) is 0 Å². The summed E-state index contributed by atoms with van der Waals surface area (Å²) in [5, 5.41) is 4.83. The minimum atomic E-state index is -0.863. The van der Waals surface area contributed by atoms with Gasteiger partial charge in [-0.25, -0.2) is 13.2 Å². The second-order valence-corrected chi connectivity index (χ2v) is 4.48. The van der Waals surface area contributed by atoms with Crippen LogP contribution >= 0.6 is 0 Å². The molecule has 2 aromatic carbocycles. The van der Waals surface area contributed by atoms with Crippen molar-refractivity contribution in [2.75, 3.05) is 17.7 Å². The van der Waals surface area contributed by atoms with Crippen molar-refractivity contribution in [3.05, 3.63) is 58.9 Å². The Morgan fingerprint density at radius 3 is 2.14 bits per heavy atom. The third-order valence-corrected chi connectivity index (χ3v) is 2.97. The van der Waals surface area contributed by atoms with Gasteiger partial charge in [0.15, 0.2) is 0 Å². The Morgan fingerprint density at radius 2 is 1.62 bits per heavy atom. The number of amides is 1. The summed E-state index contributed by atoms with van der Waals surface area (Å²) in [5.74, 6) is -2.80. The summed E-state index contributed by atoms with van der Waals surface area (Å²) in [5.41, 5.74) is 0.239. The molecule has 0 aliphatic rings. The molecule has 0 bridgehead atoms. The first-order chi connectivity index (χ1) is 9.92. The van der Waals surface area contributed by atoms with Gasteiger partial charge < -0.3 is 10.6 Å². The van der Waals surface area contributed by atoms with Gasteiger partial charge in [-0.3, -0.25) is 4.79 Å². The summed E-state index contributed by atoms with van der Waals surface area (Å²) in [7, 11) is 1.38. The second kappa shape index (κ2) is 5.87. The van der Waals surface area contributed by atoms with Crippen LogP contribution in [0.5, 0.6) is 0 Å². The number of nitrogens with one attached hydrogen (secondary N) is 2. The largest absolute Gasteiger partial charge is 0.383 e. The van der Waals surface area contributed by atoms with E-state index in [4.69, 9.17) is 0 Å². The molecule has 0 fully saturated rings. The van der Waals surface area contributed by atoms with E-state index in [0.29, 0.717) is 11.3 Å². The highest BCUT2D eigenvalue weighted by atomic mass is 19.1. The standard InChI is InChI=1S/C15H13F3N2O/c1-8-5-10(3-4-11(8)16)20-15(21)9-6-12(17)14(19-2)13(18)7-9/h3-7,19H,1-2H3,(H,20,21). The highest BCUT2D eigenvalue weighted by Crippen LogP contribution is 2.21. The average molecular weight is 294 g/mol. The molecule has 2 rings (SSSR count). The number of hydrogen-bond acceptors (Lipinski definition) is 2. The lowest BCUT2D eigenvalue weighted by Gasteiger charge is -2.09. The lowest BCUT2D eigenvalue weighted by atomic mass is 10.1. The number of carbonyl (C=O) groups is 1. The molecular formula is C15H13F3N2O. The molecule has 2 aromatic rings. The second-order valence-electron chi connectivity index (χ2n) is 4.48. The first-order valence-corrected chi connectivity index (χ1v) is 6.16. The van der Waals surface area contributed by atoms with E-state index in [-0.39, 0.29) is 11.3 Å². The van der Waals surface area contributed by atoms with Gasteiger partial charge in [-0.05, 0) is 42.8 Å². The summed E-state index contributed by atoms with van der Waals surface area (Å²) in [6.07, 6.45) is 0. The molecule has 0 aliphatic carbocycles. The molecule has 1 amide bonds. The van der Waals surface area contributed by atoms with Crippen LogP contribution in [-0.4, -0.2) is 13.0 Å². The maximum absolute atomic E-state index is 13.6. The maximum atomic E-state index is 13.6. The molecule has 6 heteroatoms. The van der Waals surface area contributed by atoms with Crippen molar-refractivity contribution in [1.82, 2.24) is 0 Å². The van der Waals surface area contributed by atoms with E-state index < -0.39 is 23.4 Å². The van der Waals surface area contributed by atoms with E-state index >= 15 is 0 Å². The first kappa shape index (κ1) is 14.9.